The number of halogens is 1. The zero-order valence-corrected chi connectivity index (χ0v) is 14.8. The Morgan fingerprint density at radius 3 is 2.44 bits per heavy atom. The van der Waals surface area contributed by atoms with Gasteiger partial charge >= 0.3 is 0 Å². The minimum absolute atomic E-state index is 0.261. The van der Waals surface area contributed by atoms with Crippen LogP contribution in [0.5, 0.6) is 0 Å². The van der Waals surface area contributed by atoms with Crippen LogP contribution in [0.4, 0.5) is 15.8 Å². The molecule has 1 amide bonds. The number of fused-ring (bicyclic) bond motifs is 1. The number of carbonyl (C=O) groups is 1. The van der Waals surface area contributed by atoms with E-state index in [9.17, 15) is 17.6 Å². The highest BCUT2D eigenvalue weighted by molar-refractivity contribution is 7.92. The standard InChI is InChI=1S/C18H19FN2O3S/c1-13(18(22)20-12-11-14-5-3-4-6-17(14)20)21(25(2,23)24)16-9-7-15(19)8-10-16/h3-10,13H,11-12H2,1-2H3. The number of hydrogen-bond donors (Lipinski definition) is 0. The fourth-order valence-electron chi connectivity index (χ4n) is 3.18. The molecule has 0 aromatic heterocycles. The number of rotatable bonds is 4. The van der Waals surface area contributed by atoms with E-state index in [0.29, 0.717) is 6.54 Å². The van der Waals surface area contributed by atoms with Gasteiger partial charge in [-0.25, -0.2) is 12.8 Å². The molecule has 0 spiro atoms. The summed E-state index contributed by atoms with van der Waals surface area (Å²) in [4.78, 5) is 14.6. The number of sulfonamides is 1. The predicted molar refractivity (Wildman–Crippen MR) is 95.7 cm³/mol. The Morgan fingerprint density at radius 1 is 1.16 bits per heavy atom. The lowest BCUT2D eigenvalue weighted by atomic mass is 10.2. The largest absolute Gasteiger partial charge is 0.310 e. The third-order valence-corrected chi connectivity index (χ3v) is 5.54. The average molecular weight is 362 g/mol. The molecular formula is C18H19FN2O3S. The molecule has 0 aliphatic carbocycles. The van der Waals surface area contributed by atoms with Gasteiger partial charge in [-0.05, 0) is 49.2 Å². The second kappa shape index (κ2) is 6.48. The van der Waals surface area contributed by atoms with Crippen molar-refractivity contribution in [1.82, 2.24) is 0 Å². The van der Waals surface area contributed by atoms with Gasteiger partial charge < -0.3 is 4.90 Å². The van der Waals surface area contributed by atoms with Crippen molar-refractivity contribution in [2.45, 2.75) is 19.4 Å². The van der Waals surface area contributed by atoms with E-state index in [1.807, 2.05) is 24.3 Å². The highest BCUT2D eigenvalue weighted by atomic mass is 32.2. The van der Waals surface area contributed by atoms with Crippen molar-refractivity contribution in [3.63, 3.8) is 0 Å². The van der Waals surface area contributed by atoms with E-state index in [4.69, 9.17) is 0 Å². The summed E-state index contributed by atoms with van der Waals surface area (Å²) < 4.78 is 38.8. The molecule has 0 saturated carbocycles. The zero-order valence-electron chi connectivity index (χ0n) is 14.0. The molecule has 7 heteroatoms. The molecule has 1 heterocycles. The van der Waals surface area contributed by atoms with Gasteiger partial charge in [-0.15, -0.1) is 0 Å². The molecule has 2 aromatic carbocycles. The van der Waals surface area contributed by atoms with Gasteiger partial charge in [0.25, 0.3) is 5.91 Å². The number of nitrogens with zero attached hydrogens (tertiary/aromatic N) is 2. The fourth-order valence-corrected chi connectivity index (χ4v) is 4.35. The minimum Gasteiger partial charge on any atom is -0.310 e. The molecule has 1 aliphatic rings. The number of para-hydroxylation sites is 1. The number of carbonyl (C=O) groups excluding carboxylic acids is 1. The van der Waals surface area contributed by atoms with Crippen molar-refractivity contribution in [2.24, 2.45) is 0 Å². The average Bonchev–Trinajstić information content (AvgIpc) is 2.99. The van der Waals surface area contributed by atoms with Crippen LogP contribution in [0.2, 0.25) is 0 Å². The lowest BCUT2D eigenvalue weighted by molar-refractivity contribution is -0.119. The topological polar surface area (TPSA) is 57.7 Å². The summed E-state index contributed by atoms with van der Waals surface area (Å²) >= 11 is 0. The van der Waals surface area contributed by atoms with Crippen molar-refractivity contribution >= 4 is 27.3 Å². The first kappa shape index (κ1) is 17.4. The second-order valence-corrected chi connectivity index (χ2v) is 7.94. The van der Waals surface area contributed by atoms with Crippen LogP contribution in [0.25, 0.3) is 0 Å². The first-order valence-corrected chi connectivity index (χ1v) is 9.78. The maximum Gasteiger partial charge on any atom is 0.250 e. The molecular weight excluding hydrogens is 343 g/mol. The number of hydrogen-bond acceptors (Lipinski definition) is 3. The summed E-state index contributed by atoms with van der Waals surface area (Å²) in [5.74, 6) is -0.774. The molecule has 25 heavy (non-hydrogen) atoms. The molecule has 1 atom stereocenters. The second-order valence-electron chi connectivity index (χ2n) is 6.08. The normalized spacial score (nSPS) is 14.9. The molecule has 0 bridgehead atoms. The highest BCUT2D eigenvalue weighted by Gasteiger charge is 2.34. The molecule has 3 rings (SSSR count). The molecule has 0 radical (unpaired) electrons. The maximum absolute atomic E-state index is 13.2. The van der Waals surface area contributed by atoms with Gasteiger partial charge in [0, 0.05) is 12.2 Å². The smallest absolute Gasteiger partial charge is 0.250 e. The van der Waals surface area contributed by atoms with E-state index in [1.165, 1.54) is 24.3 Å². The van der Waals surface area contributed by atoms with Crippen LogP contribution in [0.3, 0.4) is 0 Å². The summed E-state index contributed by atoms with van der Waals surface area (Å²) in [6.07, 6.45) is 1.78. The SMILES string of the molecule is CC(C(=O)N1CCc2ccccc21)N(c1ccc(F)cc1)S(C)(=O)=O. The Balaban J connectivity index is 1.95. The fraction of sp³-hybridized carbons (Fsp3) is 0.278. The van der Waals surface area contributed by atoms with E-state index >= 15 is 0 Å². The molecule has 5 nitrogen and oxygen atoms in total. The maximum atomic E-state index is 13.2. The van der Waals surface area contributed by atoms with Crippen molar-refractivity contribution in [3.8, 4) is 0 Å². The van der Waals surface area contributed by atoms with Crippen LogP contribution in [0.15, 0.2) is 48.5 Å². The van der Waals surface area contributed by atoms with E-state index in [2.05, 4.69) is 0 Å². The Kier molecular flexibility index (Phi) is 4.51. The molecule has 0 saturated heterocycles. The summed E-state index contributed by atoms with van der Waals surface area (Å²) in [5.41, 5.74) is 2.14. The summed E-state index contributed by atoms with van der Waals surface area (Å²) in [5, 5.41) is 0. The third-order valence-electron chi connectivity index (χ3n) is 4.30. The first-order chi connectivity index (χ1) is 11.8. The van der Waals surface area contributed by atoms with Gasteiger partial charge in [0.2, 0.25) is 10.0 Å². The Morgan fingerprint density at radius 2 is 1.80 bits per heavy atom. The van der Waals surface area contributed by atoms with Crippen LogP contribution in [0, 0.1) is 5.82 Å². The Labute approximate surface area is 146 Å². The van der Waals surface area contributed by atoms with Gasteiger partial charge in [-0.1, -0.05) is 18.2 Å². The van der Waals surface area contributed by atoms with Crippen molar-refractivity contribution in [2.75, 3.05) is 22.0 Å². The van der Waals surface area contributed by atoms with Crippen molar-refractivity contribution < 1.29 is 17.6 Å². The van der Waals surface area contributed by atoms with E-state index < -0.39 is 21.9 Å². The highest BCUT2D eigenvalue weighted by Crippen LogP contribution is 2.30. The van der Waals surface area contributed by atoms with Gasteiger partial charge in [0.1, 0.15) is 11.9 Å². The van der Waals surface area contributed by atoms with E-state index in [1.54, 1.807) is 11.8 Å². The molecule has 0 fully saturated rings. The lowest BCUT2D eigenvalue weighted by Gasteiger charge is -2.31. The van der Waals surface area contributed by atoms with Crippen LogP contribution in [-0.2, 0) is 21.2 Å². The summed E-state index contributed by atoms with van der Waals surface area (Å²) in [6.45, 7) is 2.07. The van der Waals surface area contributed by atoms with Crippen molar-refractivity contribution in [3.05, 3.63) is 59.9 Å². The van der Waals surface area contributed by atoms with Gasteiger partial charge in [0.15, 0.2) is 0 Å². The lowest BCUT2D eigenvalue weighted by Crippen LogP contribution is -2.49. The van der Waals surface area contributed by atoms with E-state index in [0.717, 1.165) is 28.2 Å². The molecule has 2 aromatic rings. The monoisotopic (exact) mass is 362 g/mol. The van der Waals surface area contributed by atoms with Gasteiger partial charge in [-0.2, -0.15) is 0 Å². The quantitative estimate of drug-likeness (QED) is 0.840. The minimum atomic E-state index is -3.72. The number of benzene rings is 2. The van der Waals surface area contributed by atoms with Crippen molar-refractivity contribution in [1.29, 1.82) is 0 Å². The molecule has 0 N–H and O–H groups in total. The van der Waals surface area contributed by atoms with Crippen LogP contribution in [-0.4, -0.2) is 33.2 Å². The van der Waals surface area contributed by atoms with Gasteiger partial charge in [-0.3, -0.25) is 9.10 Å². The van der Waals surface area contributed by atoms with Crippen LogP contribution in [0.1, 0.15) is 12.5 Å². The van der Waals surface area contributed by atoms with Gasteiger partial charge in [0.05, 0.1) is 11.9 Å². The Bertz CT molecular complexity index is 897. The third kappa shape index (κ3) is 3.37. The zero-order chi connectivity index (χ0) is 18.2. The summed E-state index contributed by atoms with van der Waals surface area (Å²) in [7, 11) is -3.72. The Hall–Kier alpha value is -2.41. The predicted octanol–water partition coefficient (Wildman–Crippen LogP) is 2.57. The molecule has 1 unspecified atom stereocenters. The number of amides is 1. The van der Waals surface area contributed by atoms with Crippen LogP contribution >= 0.6 is 0 Å². The molecule has 1 aliphatic heterocycles. The van der Waals surface area contributed by atoms with Crippen LogP contribution < -0.4 is 9.21 Å². The molecule has 132 valence electrons. The summed E-state index contributed by atoms with van der Waals surface area (Å²) in [6, 6.07) is 11.7. The number of anilines is 2. The van der Waals surface area contributed by atoms with E-state index in [-0.39, 0.29) is 11.6 Å². The first-order valence-electron chi connectivity index (χ1n) is 7.93.